The van der Waals surface area contributed by atoms with Crippen LogP contribution in [-0.2, 0) is 14.9 Å². The fourth-order valence-corrected chi connectivity index (χ4v) is 1.82. The molecule has 0 aromatic heterocycles. The van der Waals surface area contributed by atoms with Gasteiger partial charge in [0.15, 0.2) is 0 Å². The van der Waals surface area contributed by atoms with E-state index < -0.39 is 57.9 Å². The normalized spacial score (nSPS) is 13.2. The van der Waals surface area contributed by atoms with E-state index in [1.165, 1.54) is 0 Å². The summed E-state index contributed by atoms with van der Waals surface area (Å²) >= 11 is 0. The molecule has 0 spiro atoms. The number of phenols is 1. The van der Waals surface area contributed by atoms with Crippen LogP contribution in [0.5, 0.6) is 5.75 Å². The fraction of sp³-hybridized carbons (Fsp3) is 0.364. The maximum absolute atomic E-state index is 12.0. The Morgan fingerprint density at radius 3 is 2.48 bits per heavy atom. The van der Waals surface area contributed by atoms with Gasteiger partial charge in [0.2, 0.25) is 0 Å². The topological polar surface area (TPSA) is 121 Å². The predicted octanol–water partition coefficient (Wildman–Crippen LogP) is 0.812. The average molecular weight is 326 g/mol. The van der Waals surface area contributed by atoms with Crippen molar-refractivity contribution >= 4 is 16.1 Å². The van der Waals surface area contributed by atoms with Crippen LogP contribution in [0.3, 0.4) is 0 Å². The second-order valence-electron chi connectivity index (χ2n) is 3.98. The summed E-state index contributed by atoms with van der Waals surface area (Å²) in [6.07, 6.45) is -5.47. The van der Waals surface area contributed by atoms with Gasteiger partial charge in [0.25, 0.3) is 16.5 Å². The summed E-state index contributed by atoms with van der Waals surface area (Å²) < 4.78 is 59.2. The van der Waals surface area contributed by atoms with E-state index in [1.54, 1.807) is 0 Å². The Balaban J connectivity index is 2.79. The molecule has 1 unspecified atom stereocenters. The number of ether oxygens (including phenoxy) is 1. The van der Waals surface area contributed by atoms with Gasteiger partial charge in [-0.25, -0.2) is 13.6 Å². The lowest BCUT2D eigenvalue weighted by Gasteiger charge is -2.10. The quantitative estimate of drug-likeness (QED) is 0.522. The first kappa shape index (κ1) is 17.3. The molecule has 1 aromatic carbocycles. The molecule has 1 rings (SSSR count). The molecular weight excluding hydrogens is 314 g/mol. The Hall–Kier alpha value is -1.78. The van der Waals surface area contributed by atoms with E-state index in [-0.39, 0.29) is 0 Å². The highest BCUT2D eigenvalue weighted by Crippen LogP contribution is 2.22. The summed E-state index contributed by atoms with van der Waals surface area (Å²) in [6.45, 7) is -0.556. The molecule has 0 heterocycles. The smallest absolute Gasteiger partial charge is 0.341 e. The summed E-state index contributed by atoms with van der Waals surface area (Å²) in [5.74, 6) is -1.79. The van der Waals surface area contributed by atoms with Crippen LogP contribution in [0.2, 0.25) is 0 Å². The van der Waals surface area contributed by atoms with E-state index in [9.17, 15) is 27.1 Å². The van der Waals surface area contributed by atoms with Gasteiger partial charge in [-0.15, -0.1) is 0 Å². The van der Waals surface area contributed by atoms with Crippen LogP contribution in [0.4, 0.5) is 8.78 Å². The zero-order chi connectivity index (χ0) is 16.2. The minimum atomic E-state index is -4.58. The highest BCUT2D eigenvalue weighted by atomic mass is 32.2. The number of halogens is 2. The number of hydrogen-bond donors (Lipinski definition) is 3. The Labute approximate surface area is 118 Å². The van der Waals surface area contributed by atoms with Gasteiger partial charge < -0.3 is 14.9 Å². The van der Waals surface area contributed by atoms with Crippen molar-refractivity contribution in [2.24, 2.45) is 0 Å². The maximum atomic E-state index is 12.0. The first-order valence-corrected chi connectivity index (χ1v) is 7.00. The van der Waals surface area contributed by atoms with Gasteiger partial charge in [0.1, 0.15) is 17.4 Å². The highest BCUT2D eigenvalue weighted by molar-refractivity contribution is 7.85. The van der Waals surface area contributed by atoms with Gasteiger partial charge in [-0.1, -0.05) is 0 Å². The van der Waals surface area contributed by atoms with Crippen molar-refractivity contribution < 1.29 is 41.5 Å². The number of carbonyl (C=O) groups excluding carboxylic acids is 1. The largest absolute Gasteiger partial charge is 0.507 e. The molecule has 0 fully saturated rings. The summed E-state index contributed by atoms with van der Waals surface area (Å²) in [4.78, 5) is 10.9. The standard InChI is InChI=1S/C11H12F2O7S/c12-10(13)9(15)3-4-20-11(16)7-5-6(21(17,18)19)1-2-8(7)14/h1-2,5,9-10,14-15H,3-4H2,(H,17,18,19). The zero-order valence-corrected chi connectivity index (χ0v) is 11.3. The molecule has 1 atom stereocenters. The van der Waals surface area contributed by atoms with Crippen LogP contribution in [0.1, 0.15) is 16.8 Å². The minimum Gasteiger partial charge on any atom is -0.507 e. The third-order valence-corrected chi connectivity index (χ3v) is 3.27. The Morgan fingerprint density at radius 1 is 1.33 bits per heavy atom. The van der Waals surface area contributed by atoms with Crippen LogP contribution in [0.15, 0.2) is 23.1 Å². The van der Waals surface area contributed by atoms with E-state index in [1.807, 2.05) is 0 Å². The molecule has 0 aliphatic heterocycles. The lowest BCUT2D eigenvalue weighted by molar-refractivity contribution is -0.0210. The summed E-state index contributed by atoms with van der Waals surface area (Å²) in [7, 11) is -4.58. The monoisotopic (exact) mass is 326 g/mol. The van der Waals surface area contributed by atoms with Gasteiger partial charge in [0.05, 0.1) is 11.5 Å². The number of rotatable bonds is 6. The first-order chi connectivity index (χ1) is 9.62. The first-order valence-electron chi connectivity index (χ1n) is 5.56. The molecule has 7 nitrogen and oxygen atoms in total. The van der Waals surface area contributed by atoms with Crippen molar-refractivity contribution in [1.82, 2.24) is 0 Å². The van der Waals surface area contributed by atoms with Crippen LogP contribution in [0.25, 0.3) is 0 Å². The Bertz CT molecular complexity index is 615. The number of aliphatic hydroxyl groups excluding tert-OH is 1. The van der Waals surface area contributed by atoms with E-state index in [4.69, 9.17) is 9.66 Å². The minimum absolute atomic E-state index is 0.526. The third-order valence-electron chi connectivity index (χ3n) is 2.42. The van der Waals surface area contributed by atoms with Crippen LogP contribution in [0, 0.1) is 0 Å². The van der Waals surface area contributed by atoms with E-state index in [0.717, 1.165) is 12.1 Å². The zero-order valence-electron chi connectivity index (χ0n) is 10.4. The number of aromatic hydroxyl groups is 1. The van der Waals surface area contributed by atoms with Gasteiger partial charge >= 0.3 is 5.97 Å². The van der Waals surface area contributed by atoms with Crippen molar-refractivity contribution in [1.29, 1.82) is 0 Å². The molecule has 3 N–H and O–H groups in total. The van der Waals surface area contributed by atoms with Crippen LogP contribution >= 0.6 is 0 Å². The second kappa shape index (κ2) is 6.78. The Morgan fingerprint density at radius 2 is 1.95 bits per heavy atom. The van der Waals surface area contributed by atoms with E-state index in [2.05, 4.69) is 4.74 Å². The number of phenolic OH excluding ortho intramolecular Hbond substituents is 1. The van der Waals surface area contributed by atoms with Crippen molar-refractivity contribution in [3.63, 3.8) is 0 Å². The van der Waals surface area contributed by atoms with Gasteiger partial charge in [-0.2, -0.15) is 8.42 Å². The van der Waals surface area contributed by atoms with Crippen molar-refractivity contribution in [2.45, 2.75) is 23.8 Å². The molecule has 0 radical (unpaired) electrons. The van der Waals surface area contributed by atoms with Crippen LogP contribution < -0.4 is 0 Å². The molecule has 0 bridgehead atoms. The predicted molar refractivity (Wildman–Crippen MR) is 64.8 cm³/mol. The molecule has 0 saturated heterocycles. The molecule has 0 aliphatic rings. The molecule has 0 amide bonds. The maximum Gasteiger partial charge on any atom is 0.341 e. The molecule has 0 saturated carbocycles. The number of esters is 1. The van der Waals surface area contributed by atoms with Crippen molar-refractivity contribution in [3.05, 3.63) is 23.8 Å². The number of alkyl halides is 2. The molecule has 118 valence electrons. The lowest BCUT2D eigenvalue weighted by Crippen LogP contribution is -2.20. The number of carbonyl (C=O) groups is 1. The second-order valence-corrected chi connectivity index (χ2v) is 5.40. The third kappa shape index (κ3) is 4.92. The lowest BCUT2D eigenvalue weighted by atomic mass is 10.2. The molecule has 1 aromatic rings. The van der Waals surface area contributed by atoms with Crippen molar-refractivity contribution in [3.8, 4) is 5.75 Å². The fourth-order valence-electron chi connectivity index (χ4n) is 1.32. The molecule has 10 heteroatoms. The highest BCUT2D eigenvalue weighted by Gasteiger charge is 2.20. The average Bonchev–Trinajstić information content (AvgIpc) is 2.37. The van der Waals surface area contributed by atoms with Crippen molar-refractivity contribution in [2.75, 3.05) is 6.61 Å². The van der Waals surface area contributed by atoms with E-state index >= 15 is 0 Å². The summed E-state index contributed by atoms with van der Waals surface area (Å²) in [5.41, 5.74) is -0.559. The van der Waals surface area contributed by atoms with Gasteiger partial charge in [-0.3, -0.25) is 4.55 Å². The van der Waals surface area contributed by atoms with Gasteiger partial charge in [0, 0.05) is 6.42 Å². The molecular formula is C11H12F2O7S. The number of hydrogen-bond acceptors (Lipinski definition) is 6. The van der Waals surface area contributed by atoms with E-state index in [0.29, 0.717) is 6.07 Å². The van der Waals surface area contributed by atoms with Crippen LogP contribution in [-0.4, -0.2) is 48.3 Å². The number of benzene rings is 1. The Kier molecular flexibility index (Phi) is 5.58. The van der Waals surface area contributed by atoms with Gasteiger partial charge in [-0.05, 0) is 18.2 Å². The number of aliphatic hydroxyl groups is 1. The molecule has 0 aliphatic carbocycles. The molecule has 21 heavy (non-hydrogen) atoms. The summed E-state index contributed by atoms with van der Waals surface area (Å²) in [6, 6.07) is 2.40. The SMILES string of the molecule is O=C(OCCC(O)C(F)F)c1cc(S(=O)(=O)O)ccc1O. The summed E-state index contributed by atoms with van der Waals surface area (Å²) in [5, 5.41) is 18.2.